The van der Waals surface area contributed by atoms with Crippen LogP contribution in [-0.2, 0) is 16.1 Å². The Morgan fingerprint density at radius 2 is 1.67 bits per heavy atom. The molecule has 1 atom stereocenters. The summed E-state index contributed by atoms with van der Waals surface area (Å²) in [6.07, 6.45) is 0. The third-order valence-corrected chi connectivity index (χ3v) is 10.6. The lowest BCUT2D eigenvalue weighted by molar-refractivity contribution is -0.127. The molecule has 0 radical (unpaired) electrons. The van der Waals surface area contributed by atoms with E-state index in [2.05, 4.69) is 0 Å². The summed E-state index contributed by atoms with van der Waals surface area (Å²) >= 11 is 7.67. The summed E-state index contributed by atoms with van der Waals surface area (Å²) in [4.78, 5) is 52.2. The number of rotatable bonds is 7. The minimum absolute atomic E-state index is 0.201. The van der Waals surface area contributed by atoms with Crippen LogP contribution in [0, 0.1) is 0 Å². The largest absolute Gasteiger partial charge is 0.496 e. The summed E-state index contributed by atoms with van der Waals surface area (Å²) in [5, 5.41) is 2.35. The zero-order chi connectivity index (χ0) is 33.7. The van der Waals surface area contributed by atoms with E-state index in [1.165, 1.54) is 11.3 Å². The van der Waals surface area contributed by atoms with Crippen molar-refractivity contribution in [1.82, 2.24) is 9.47 Å². The number of benzene rings is 4. The van der Waals surface area contributed by atoms with Crippen molar-refractivity contribution in [2.24, 2.45) is 4.99 Å². The molecule has 0 saturated heterocycles. The summed E-state index contributed by atoms with van der Waals surface area (Å²) in [7, 11) is 1.59. The van der Waals surface area contributed by atoms with Crippen LogP contribution in [0.15, 0.2) is 106 Å². The maximum absolute atomic E-state index is 14.9. The minimum Gasteiger partial charge on any atom is -0.496 e. The van der Waals surface area contributed by atoms with E-state index < -0.39 is 11.6 Å². The van der Waals surface area contributed by atoms with Gasteiger partial charge in [-0.2, -0.15) is 0 Å². The minimum atomic E-state index is -0.851. The fraction of sp³-hybridized carbons (Fsp3) is 0.211. The van der Waals surface area contributed by atoms with E-state index in [0.29, 0.717) is 62.3 Å². The number of carbonyl (C=O) groups is 2. The van der Waals surface area contributed by atoms with Gasteiger partial charge in [0.05, 0.1) is 36.2 Å². The summed E-state index contributed by atoms with van der Waals surface area (Å²) in [5.41, 5.74) is 3.67. The molecule has 7 rings (SSSR count). The molecule has 5 aromatic rings. The van der Waals surface area contributed by atoms with Crippen LogP contribution in [0.2, 0.25) is 5.02 Å². The second kappa shape index (κ2) is 12.6. The number of hydrogen-bond acceptors (Lipinski definition) is 6. The van der Waals surface area contributed by atoms with E-state index >= 15 is 0 Å². The van der Waals surface area contributed by atoms with Gasteiger partial charge in [0.25, 0.3) is 17.4 Å². The Kier molecular flexibility index (Phi) is 8.27. The number of carbonyl (C=O) groups excluding carboxylic acids is 2. The molecular weight excluding hydrogens is 644 g/mol. The topological polar surface area (TPSA) is 84.2 Å². The third-order valence-electron chi connectivity index (χ3n) is 9.14. The van der Waals surface area contributed by atoms with Crippen LogP contribution in [0.5, 0.6) is 5.75 Å². The number of thiazole rings is 1. The first-order valence-electron chi connectivity index (χ1n) is 15.8. The van der Waals surface area contributed by atoms with E-state index in [-0.39, 0.29) is 22.9 Å². The molecule has 1 aromatic heterocycles. The van der Waals surface area contributed by atoms with Crippen molar-refractivity contribution < 1.29 is 14.3 Å². The molecule has 0 spiro atoms. The van der Waals surface area contributed by atoms with Crippen molar-refractivity contribution in [1.29, 1.82) is 0 Å². The lowest BCUT2D eigenvalue weighted by atomic mass is 9.90. The molecule has 242 valence electrons. The molecule has 0 unspecified atom stereocenters. The van der Waals surface area contributed by atoms with Gasteiger partial charge in [0, 0.05) is 29.2 Å². The number of para-hydroxylation sites is 1. The Morgan fingerprint density at radius 1 is 0.958 bits per heavy atom. The van der Waals surface area contributed by atoms with Gasteiger partial charge in [-0.05, 0) is 55.3 Å². The molecule has 0 N–H and O–H groups in total. The predicted octanol–water partition coefficient (Wildman–Crippen LogP) is 5.84. The van der Waals surface area contributed by atoms with Gasteiger partial charge in [0.1, 0.15) is 16.3 Å². The molecule has 2 aliphatic heterocycles. The Labute approximate surface area is 286 Å². The average molecular weight is 677 g/mol. The summed E-state index contributed by atoms with van der Waals surface area (Å²) in [6.45, 7) is 6.90. The molecular formula is C38H33ClN4O4S. The molecule has 0 fully saturated rings. The Hall–Kier alpha value is -4.99. The molecule has 0 aliphatic carbocycles. The number of halogens is 1. The van der Waals surface area contributed by atoms with Crippen LogP contribution in [0.3, 0.4) is 0 Å². The van der Waals surface area contributed by atoms with E-state index in [4.69, 9.17) is 21.3 Å². The number of hydrogen-bond donors (Lipinski definition) is 0. The number of anilines is 1. The molecule has 8 nitrogen and oxygen atoms in total. The highest BCUT2D eigenvalue weighted by Gasteiger charge is 2.39. The molecule has 10 heteroatoms. The lowest BCUT2D eigenvalue weighted by Gasteiger charge is -2.30. The smallest absolute Gasteiger partial charge is 0.271 e. The van der Waals surface area contributed by atoms with Crippen molar-refractivity contribution in [3.63, 3.8) is 0 Å². The molecule has 48 heavy (non-hydrogen) atoms. The lowest BCUT2D eigenvalue weighted by Crippen LogP contribution is -2.43. The number of aromatic nitrogens is 1. The predicted molar refractivity (Wildman–Crippen MR) is 190 cm³/mol. The van der Waals surface area contributed by atoms with E-state index in [0.717, 1.165) is 16.3 Å². The quantitative estimate of drug-likeness (QED) is 0.217. The van der Waals surface area contributed by atoms with Crippen LogP contribution < -0.4 is 24.5 Å². The highest BCUT2D eigenvalue weighted by atomic mass is 35.5. The van der Waals surface area contributed by atoms with Crippen molar-refractivity contribution in [2.75, 3.05) is 25.1 Å². The summed E-state index contributed by atoms with van der Waals surface area (Å²) in [5.74, 6) is 0.0490. The summed E-state index contributed by atoms with van der Waals surface area (Å²) < 4.78 is 7.76. The molecule has 2 amide bonds. The van der Waals surface area contributed by atoms with Crippen molar-refractivity contribution in [3.05, 3.63) is 138 Å². The van der Waals surface area contributed by atoms with Gasteiger partial charge >= 0.3 is 0 Å². The number of fused-ring (bicyclic) bond motifs is 3. The number of likely N-dealkylation sites (N-methyl/N-ethyl adjacent to an activating group) is 1. The molecule has 4 aromatic carbocycles. The third kappa shape index (κ3) is 4.96. The van der Waals surface area contributed by atoms with Gasteiger partial charge < -0.3 is 14.5 Å². The first kappa shape index (κ1) is 31.6. The first-order chi connectivity index (χ1) is 23.3. The molecule has 0 bridgehead atoms. The monoisotopic (exact) mass is 676 g/mol. The van der Waals surface area contributed by atoms with E-state index in [1.807, 2.05) is 99.6 Å². The SMILES string of the molecule is CCN(CC)C(=O)C1=C(C)N=c2s/c(=C3\C(=O)N(Cc4ccccc4Cl)c4ccccc43)c(=O)n2[C@H]1c1c(OC)ccc2ccccc12. The van der Waals surface area contributed by atoms with Crippen molar-refractivity contribution in [2.45, 2.75) is 33.4 Å². The van der Waals surface area contributed by atoms with Crippen LogP contribution in [0.4, 0.5) is 5.69 Å². The van der Waals surface area contributed by atoms with Crippen LogP contribution in [0.25, 0.3) is 16.3 Å². The van der Waals surface area contributed by atoms with Gasteiger partial charge in [-0.1, -0.05) is 89.7 Å². The molecule has 3 heterocycles. The Bertz CT molecular complexity index is 2350. The maximum atomic E-state index is 14.9. The zero-order valence-electron chi connectivity index (χ0n) is 27.0. The zero-order valence-corrected chi connectivity index (χ0v) is 28.6. The van der Waals surface area contributed by atoms with Gasteiger partial charge in [-0.15, -0.1) is 0 Å². The van der Waals surface area contributed by atoms with Crippen LogP contribution in [0.1, 0.15) is 43.5 Å². The number of methoxy groups -OCH3 is 1. The van der Waals surface area contributed by atoms with Gasteiger partial charge in [0.15, 0.2) is 4.80 Å². The highest BCUT2D eigenvalue weighted by molar-refractivity contribution is 7.07. The fourth-order valence-electron chi connectivity index (χ4n) is 6.79. The van der Waals surface area contributed by atoms with Crippen LogP contribution in [-0.4, -0.2) is 41.5 Å². The molecule has 0 saturated carbocycles. The highest BCUT2D eigenvalue weighted by Crippen LogP contribution is 2.41. The second-order valence-corrected chi connectivity index (χ2v) is 13.0. The van der Waals surface area contributed by atoms with E-state index in [1.54, 1.807) is 27.5 Å². The Morgan fingerprint density at radius 3 is 2.42 bits per heavy atom. The summed E-state index contributed by atoms with van der Waals surface area (Å²) in [6, 6.07) is 25.7. The Balaban J connectivity index is 1.52. The first-order valence-corrected chi connectivity index (χ1v) is 17.0. The number of nitrogens with zero attached hydrogens (tertiary/aromatic N) is 4. The molecule has 2 aliphatic rings. The maximum Gasteiger partial charge on any atom is 0.271 e. The van der Waals surface area contributed by atoms with Gasteiger partial charge in [0.2, 0.25) is 0 Å². The average Bonchev–Trinajstić information content (AvgIpc) is 3.56. The normalized spacial score (nSPS) is 16.6. The van der Waals surface area contributed by atoms with E-state index in [9.17, 15) is 14.4 Å². The van der Waals surface area contributed by atoms with Gasteiger partial charge in [-0.3, -0.25) is 19.0 Å². The van der Waals surface area contributed by atoms with Crippen molar-refractivity contribution >= 4 is 56.8 Å². The van der Waals surface area contributed by atoms with Crippen LogP contribution >= 0.6 is 22.9 Å². The number of ether oxygens (including phenoxy) is 1. The standard InChI is InChI=1S/C38H33ClN4O4S/c1-5-41(6-2)35(44)30-22(3)40-38-43(33(30)31-25-15-9-7-13-23(25)19-20-29(31)47-4)37(46)34(48-38)32-26-16-10-12-18-28(26)42(36(32)45)21-24-14-8-11-17-27(24)39/h7-20,33H,5-6,21H2,1-4H3/b34-32-/t33-/m1/s1. The fourth-order valence-corrected chi connectivity index (χ4v) is 8.12. The number of amides is 2. The van der Waals surface area contributed by atoms with Crippen molar-refractivity contribution in [3.8, 4) is 5.75 Å². The second-order valence-electron chi connectivity index (χ2n) is 11.7. The number of allylic oxidation sites excluding steroid dienone is 1. The van der Waals surface area contributed by atoms with Gasteiger partial charge in [-0.25, -0.2) is 4.99 Å².